The molecule has 0 aliphatic carbocycles. The number of esters is 1. The Labute approximate surface area is 198 Å². The molecular formula is C24H21ClN2O5S. The molecular weight excluding hydrogens is 464 g/mol. The summed E-state index contributed by atoms with van der Waals surface area (Å²) >= 11 is 7.31. The molecule has 1 aliphatic rings. The number of benzene rings is 2. The van der Waals surface area contributed by atoms with Crippen LogP contribution in [0.1, 0.15) is 31.0 Å². The minimum Gasteiger partial charge on any atom is -0.503 e. The molecule has 1 aliphatic heterocycles. The predicted molar refractivity (Wildman–Crippen MR) is 127 cm³/mol. The number of allylic oxidation sites excluding steroid dienone is 1. The van der Waals surface area contributed by atoms with E-state index in [4.69, 9.17) is 21.1 Å². The van der Waals surface area contributed by atoms with Gasteiger partial charge in [0.15, 0.2) is 16.3 Å². The molecule has 0 saturated carbocycles. The second-order valence-corrected chi connectivity index (χ2v) is 8.68. The number of fused-ring (bicyclic) bond motifs is 1. The molecule has 33 heavy (non-hydrogen) atoms. The Morgan fingerprint density at radius 1 is 1.30 bits per heavy atom. The van der Waals surface area contributed by atoms with E-state index < -0.39 is 12.0 Å². The van der Waals surface area contributed by atoms with Gasteiger partial charge in [0.05, 0.1) is 40.6 Å². The number of hydrogen-bond donors (Lipinski definition) is 1. The van der Waals surface area contributed by atoms with Crippen molar-refractivity contribution in [1.82, 2.24) is 4.57 Å². The number of nitrogens with zero attached hydrogens (tertiary/aromatic N) is 2. The standard InChI is InChI=1S/C24H21ClN2O5S/c1-4-32-23(30)19-13(2)26-24-27(20(19)15-8-6-5-7-9-15)22(29)18(33-24)12-14-10-16(25)21(28)17(11-14)31-3/h5-12,20,28H,4H2,1-3H3/b18-12+. The fourth-order valence-electron chi connectivity index (χ4n) is 3.73. The van der Waals surface area contributed by atoms with E-state index >= 15 is 0 Å². The lowest BCUT2D eigenvalue weighted by Gasteiger charge is -2.24. The van der Waals surface area contributed by atoms with Gasteiger partial charge in [0.2, 0.25) is 0 Å². The van der Waals surface area contributed by atoms with Crippen LogP contribution in [0.4, 0.5) is 0 Å². The van der Waals surface area contributed by atoms with E-state index in [2.05, 4.69) is 4.99 Å². The molecule has 0 radical (unpaired) electrons. The van der Waals surface area contributed by atoms with Crippen molar-refractivity contribution in [3.05, 3.63) is 89.6 Å². The van der Waals surface area contributed by atoms with Crippen molar-refractivity contribution in [3.63, 3.8) is 0 Å². The smallest absolute Gasteiger partial charge is 0.338 e. The number of halogens is 1. The van der Waals surface area contributed by atoms with Crippen LogP contribution in [0.3, 0.4) is 0 Å². The molecule has 0 amide bonds. The maximum Gasteiger partial charge on any atom is 0.338 e. The van der Waals surface area contributed by atoms with Gasteiger partial charge in [-0.05, 0) is 43.2 Å². The maximum atomic E-state index is 13.5. The van der Waals surface area contributed by atoms with E-state index in [-0.39, 0.29) is 28.7 Å². The second-order valence-electron chi connectivity index (χ2n) is 7.27. The van der Waals surface area contributed by atoms with Gasteiger partial charge in [0, 0.05) is 0 Å². The number of carbonyl (C=O) groups excluding carboxylic acids is 1. The lowest BCUT2D eigenvalue weighted by atomic mass is 9.96. The monoisotopic (exact) mass is 484 g/mol. The van der Waals surface area contributed by atoms with Crippen LogP contribution in [0.25, 0.3) is 6.08 Å². The first-order valence-corrected chi connectivity index (χ1v) is 11.4. The molecule has 1 aromatic heterocycles. The van der Waals surface area contributed by atoms with Gasteiger partial charge in [0.1, 0.15) is 0 Å². The number of rotatable bonds is 5. The molecule has 0 saturated heterocycles. The van der Waals surface area contributed by atoms with E-state index in [1.54, 1.807) is 32.1 Å². The normalized spacial score (nSPS) is 15.8. The zero-order valence-corrected chi connectivity index (χ0v) is 19.7. The SMILES string of the molecule is CCOC(=O)C1=C(C)N=c2s/c(=C/c3cc(Cl)c(O)c(OC)c3)c(=O)n2C1c1ccccc1. The molecule has 1 atom stereocenters. The van der Waals surface area contributed by atoms with Gasteiger partial charge in [-0.25, -0.2) is 9.79 Å². The average Bonchev–Trinajstić information content (AvgIpc) is 3.10. The number of carbonyl (C=O) groups is 1. The Morgan fingerprint density at radius 2 is 2.03 bits per heavy atom. The summed E-state index contributed by atoms with van der Waals surface area (Å²) in [5, 5.41) is 10.1. The number of hydrogen-bond acceptors (Lipinski definition) is 7. The summed E-state index contributed by atoms with van der Waals surface area (Å²) in [5.41, 5.74) is 1.89. The lowest BCUT2D eigenvalue weighted by molar-refractivity contribution is -0.139. The van der Waals surface area contributed by atoms with Crippen molar-refractivity contribution in [3.8, 4) is 11.5 Å². The number of aromatic nitrogens is 1. The van der Waals surface area contributed by atoms with Crippen LogP contribution in [0.2, 0.25) is 5.02 Å². The zero-order chi connectivity index (χ0) is 23.7. The molecule has 2 aromatic carbocycles. The Morgan fingerprint density at radius 3 is 2.70 bits per heavy atom. The molecule has 3 aromatic rings. The fraction of sp³-hybridized carbons (Fsp3) is 0.208. The molecule has 2 heterocycles. The number of phenolic OH excluding ortho intramolecular Hbond substituents is 1. The van der Waals surface area contributed by atoms with E-state index in [0.717, 1.165) is 5.56 Å². The highest BCUT2D eigenvalue weighted by Crippen LogP contribution is 2.35. The highest BCUT2D eigenvalue weighted by atomic mass is 35.5. The van der Waals surface area contributed by atoms with E-state index in [1.165, 1.54) is 23.0 Å². The van der Waals surface area contributed by atoms with Crippen molar-refractivity contribution in [2.24, 2.45) is 4.99 Å². The number of thiazole rings is 1. The third kappa shape index (κ3) is 4.19. The van der Waals surface area contributed by atoms with Crippen LogP contribution in [0, 0.1) is 0 Å². The third-order valence-electron chi connectivity index (χ3n) is 5.20. The summed E-state index contributed by atoms with van der Waals surface area (Å²) < 4.78 is 12.4. The molecule has 1 N–H and O–H groups in total. The first-order valence-electron chi connectivity index (χ1n) is 10.2. The van der Waals surface area contributed by atoms with Gasteiger partial charge in [-0.15, -0.1) is 0 Å². The van der Waals surface area contributed by atoms with Crippen molar-refractivity contribution in [2.75, 3.05) is 13.7 Å². The first kappa shape index (κ1) is 22.8. The third-order valence-corrected chi connectivity index (χ3v) is 6.47. The second kappa shape index (κ2) is 9.25. The number of ether oxygens (including phenoxy) is 2. The quantitative estimate of drug-likeness (QED) is 0.562. The van der Waals surface area contributed by atoms with E-state index in [9.17, 15) is 14.7 Å². The summed E-state index contributed by atoms with van der Waals surface area (Å²) in [6, 6.07) is 11.8. The number of aromatic hydroxyl groups is 1. The van der Waals surface area contributed by atoms with Crippen molar-refractivity contribution in [1.29, 1.82) is 0 Å². The highest BCUT2D eigenvalue weighted by Gasteiger charge is 2.33. The summed E-state index contributed by atoms with van der Waals surface area (Å²) in [7, 11) is 1.42. The fourth-order valence-corrected chi connectivity index (χ4v) is 4.99. The number of methoxy groups -OCH3 is 1. The molecule has 9 heteroatoms. The Bertz CT molecular complexity index is 1440. The van der Waals surface area contributed by atoms with E-state index in [1.807, 2.05) is 30.3 Å². The van der Waals surface area contributed by atoms with Crippen molar-refractivity contribution >= 4 is 35.0 Å². The summed E-state index contributed by atoms with van der Waals surface area (Å²) in [4.78, 5) is 31.4. The minimum atomic E-state index is -0.665. The first-order chi connectivity index (χ1) is 15.8. The molecule has 0 spiro atoms. The average molecular weight is 485 g/mol. The highest BCUT2D eigenvalue weighted by molar-refractivity contribution is 7.07. The zero-order valence-electron chi connectivity index (χ0n) is 18.2. The molecule has 170 valence electrons. The maximum absolute atomic E-state index is 13.5. The van der Waals surface area contributed by atoms with Gasteiger partial charge in [-0.2, -0.15) is 0 Å². The van der Waals surface area contributed by atoms with Crippen LogP contribution < -0.4 is 19.6 Å². The number of phenols is 1. The van der Waals surface area contributed by atoms with E-state index in [0.29, 0.717) is 26.2 Å². The summed E-state index contributed by atoms with van der Waals surface area (Å²) in [6.07, 6.45) is 1.66. The molecule has 4 rings (SSSR count). The summed E-state index contributed by atoms with van der Waals surface area (Å²) in [6.45, 7) is 3.69. The van der Waals surface area contributed by atoms with Gasteiger partial charge in [0.25, 0.3) is 5.56 Å². The van der Waals surface area contributed by atoms with Crippen LogP contribution in [0.5, 0.6) is 11.5 Å². The predicted octanol–water partition coefficient (Wildman–Crippen LogP) is 3.17. The van der Waals surface area contributed by atoms with Crippen molar-refractivity contribution < 1.29 is 19.4 Å². The topological polar surface area (TPSA) is 90.1 Å². The van der Waals surface area contributed by atoms with Crippen LogP contribution in [0.15, 0.2) is 63.5 Å². The molecule has 0 bridgehead atoms. The minimum absolute atomic E-state index is 0.107. The van der Waals surface area contributed by atoms with Gasteiger partial charge < -0.3 is 14.6 Å². The van der Waals surface area contributed by atoms with Crippen LogP contribution >= 0.6 is 22.9 Å². The van der Waals surface area contributed by atoms with Crippen LogP contribution in [-0.4, -0.2) is 29.4 Å². The Balaban J connectivity index is 1.95. The van der Waals surface area contributed by atoms with Gasteiger partial charge in [-0.3, -0.25) is 9.36 Å². The Hall–Kier alpha value is -3.36. The molecule has 1 unspecified atom stereocenters. The van der Waals surface area contributed by atoms with Gasteiger partial charge in [-0.1, -0.05) is 53.3 Å². The van der Waals surface area contributed by atoms with Gasteiger partial charge >= 0.3 is 5.97 Å². The van der Waals surface area contributed by atoms with Crippen molar-refractivity contribution in [2.45, 2.75) is 19.9 Å². The van der Waals surface area contributed by atoms with Crippen LogP contribution in [-0.2, 0) is 9.53 Å². The largest absolute Gasteiger partial charge is 0.503 e. The lowest BCUT2D eigenvalue weighted by Crippen LogP contribution is -2.39. The Kier molecular flexibility index (Phi) is 6.40. The molecule has 7 nitrogen and oxygen atoms in total. The molecule has 0 fully saturated rings. The summed E-state index contributed by atoms with van der Waals surface area (Å²) in [5.74, 6) is -0.474.